The number of fused-ring (bicyclic) bond motifs is 3. The van der Waals surface area contributed by atoms with Gasteiger partial charge in [0.2, 0.25) is 0 Å². The normalized spacial score (nSPS) is 11.4. The average molecular weight is 360 g/mol. The molecule has 0 saturated heterocycles. The zero-order valence-electron chi connectivity index (χ0n) is 15.5. The third-order valence-electron chi connectivity index (χ3n) is 4.34. The van der Waals surface area contributed by atoms with Gasteiger partial charge in [-0.2, -0.15) is 10.2 Å². The van der Waals surface area contributed by atoms with E-state index < -0.39 is 0 Å². The number of rotatable bonds is 5. The third-order valence-corrected chi connectivity index (χ3v) is 4.34. The Bertz CT molecular complexity index is 1120. The van der Waals surface area contributed by atoms with Gasteiger partial charge in [0, 0.05) is 24.0 Å². The average Bonchev–Trinajstić information content (AvgIpc) is 3.26. The number of aromatic nitrogens is 4. The molecule has 2 aliphatic rings. The van der Waals surface area contributed by atoms with Gasteiger partial charge in [-0.1, -0.05) is 12.1 Å². The number of nitrogens with zero attached hydrogens (tertiary/aromatic N) is 4. The largest absolute Gasteiger partial charge is 0.380 e. The number of hydrogen-bond donors (Lipinski definition) is 2. The van der Waals surface area contributed by atoms with Crippen LogP contribution in [0, 0.1) is 11.3 Å². The molecule has 0 radical (unpaired) electrons. The number of H-pyrrole nitrogens is 1. The van der Waals surface area contributed by atoms with E-state index in [-0.39, 0.29) is 6.04 Å². The van der Waals surface area contributed by atoms with Crippen LogP contribution in [-0.4, -0.2) is 26.2 Å². The Kier molecular flexibility index (Phi) is 4.24. The fourth-order valence-electron chi connectivity index (χ4n) is 3.17. The minimum atomic E-state index is 0.196. The lowest BCUT2D eigenvalue weighted by Gasteiger charge is -2.16. The van der Waals surface area contributed by atoms with Crippen LogP contribution < -0.4 is 5.32 Å². The molecule has 2 aliphatic heterocycles. The molecule has 7 heteroatoms. The van der Waals surface area contributed by atoms with Crippen LogP contribution in [0.4, 0.5) is 5.69 Å². The Hall–Kier alpha value is -3.40. The second-order valence-electron chi connectivity index (χ2n) is 6.82. The van der Waals surface area contributed by atoms with E-state index in [4.69, 9.17) is 14.8 Å². The van der Waals surface area contributed by atoms with Crippen LogP contribution in [-0.2, 0) is 6.42 Å². The van der Waals surface area contributed by atoms with Gasteiger partial charge in [0.1, 0.15) is 5.69 Å². The number of aromatic amines is 1. The zero-order valence-corrected chi connectivity index (χ0v) is 15.5. The summed E-state index contributed by atoms with van der Waals surface area (Å²) in [5.41, 5.74) is 4.71. The highest BCUT2D eigenvalue weighted by molar-refractivity contribution is 6.02. The number of aryl methyl sites for hydroxylation is 1. The number of nitriles is 1. The van der Waals surface area contributed by atoms with E-state index in [0.29, 0.717) is 17.3 Å². The fraction of sp³-hybridized carbons (Fsp3) is 0.300. The molecule has 2 N–H and O–H groups in total. The van der Waals surface area contributed by atoms with Crippen molar-refractivity contribution in [2.75, 3.05) is 5.32 Å². The van der Waals surface area contributed by atoms with Crippen molar-refractivity contribution in [3.05, 3.63) is 35.8 Å². The van der Waals surface area contributed by atoms with Gasteiger partial charge in [-0.05, 0) is 38.5 Å². The summed E-state index contributed by atoms with van der Waals surface area (Å²) in [6.45, 7) is 6.22. The Balaban J connectivity index is 1.93. The van der Waals surface area contributed by atoms with E-state index in [9.17, 15) is 0 Å². The van der Waals surface area contributed by atoms with Crippen LogP contribution in [0.25, 0.3) is 33.7 Å². The molecular formula is C20H20N6O. The summed E-state index contributed by atoms with van der Waals surface area (Å²) in [4.78, 5) is 12.6. The minimum absolute atomic E-state index is 0.196. The van der Waals surface area contributed by atoms with Gasteiger partial charge in [0.15, 0.2) is 5.82 Å². The second kappa shape index (κ2) is 6.72. The number of benzene rings is 1. The molecule has 0 unspecified atom stereocenters. The maximum absolute atomic E-state index is 9.16. The summed E-state index contributed by atoms with van der Waals surface area (Å²) >= 11 is 0. The first-order chi connectivity index (χ1) is 13.1. The molecule has 0 amide bonds. The second-order valence-corrected chi connectivity index (χ2v) is 6.82. The molecular weight excluding hydrogens is 340 g/mol. The van der Waals surface area contributed by atoms with Crippen molar-refractivity contribution in [1.82, 2.24) is 20.1 Å². The van der Waals surface area contributed by atoms with Crippen LogP contribution in [0.15, 0.2) is 28.9 Å². The van der Waals surface area contributed by atoms with Gasteiger partial charge in [0.05, 0.1) is 34.1 Å². The summed E-state index contributed by atoms with van der Waals surface area (Å²) in [5.74, 6) is 1.16. The Morgan fingerprint density at radius 2 is 2.15 bits per heavy atom. The van der Waals surface area contributed by atoms with Crippen molar-refractivity contribution in [2.24, 2.45) is 0 Å². The molecule has 0 fully saturated rings. The van der Waals surface area contributed by atoms with E-state index >= 15 is 0 Å². The van der Waals surface area contributed by atoms with Crippen molar-refractivity contribution in [1.29, 1.82) is 5.26 Å². The highest BCUT2D eigenvalue weighted by atomic mass is 16.5. The van der Waals surface area contributed by atoms with Crippen LogP contribution in [0.3, 0.4) is 0 Å². The Morgan fingerprint density at radius 3 is 2.89 bits per heavy atom. The van der Waals surface area contributed by atoms with Crippen molar-refractivity contribution >= 4 is 16.6 Å². The van der Waals surface area contributed by atoms with Gasteiger partial charge in [-0.25, -0.2) is 4.98 Å². The van der Waals surface area contributed by atoms with E-state index in [1.807, 2.05) is 12.3 Å². The molecule has 1 aromatic carbocycles. The lowest BCUT2D eigenvalue weighted by atomic mass is 10.1. The number of anilines is 1. The number of pyridine rings is 1. The number of nitrogens with one attached hydrogen (secondary N) is 2. The van der Waals surface area contributed by atoms with Crippen molar-refractivity contribution in [2.45, 2.75) is 39.7 Å². The Labute approximate surface area is 156 Å². The Morgan fingerprint density at radius 1 is 1.30 bits per heavy atom. The topological polar surface area (TPSA) is 103 Å². The highest BCUT2D eigenvalue weighted by Crippen LogP contribution is 2.40. The van der Waals surface area contributed by atoms with Crippen LogP contribution in [0.5, 0.6) is 0 Å². The standard InChI is InChI=1S/C20H20N6O/c1-4-5-16-25-20(27-26-16)14-10-22-17-13-7-6-12(9-21)8-15(13)24-19(17)18(14)23-11(2)3/h6-8,10-11,22-23H,4-5H2,1-3H3. The molecule has 2 aromatic rings. The smallest absolute Gasteiger partial charge is 0.261 e. The van der Waals surface area contributed by atoms with Gasteiger partial charge in [0.25, 0.3) is 5.89 Å². The molecule has 0 atom stereocenters. The van der Waals surface area contributed by atoms with E-state index in [1.165, 1.54) is 0 Å². The van der Waals surface area contributed by atoms with Gasteiger partial charge in [-0.3, -0.25) is 0 Å². The van der Waals surface area contributed by atoms with Crippen molar-refractivity contribution in [3.63, 3.8) is 0 Å². The molecule has 27 heavy (non-hydrogen) atoms. The SMILES string of the molecule is CCCc1noc(-c2c[nH]c3c4ccc(C#N)cc4nc-3c2NC(C)C)n1. The zero-order chi connectivity index (χ0) is 19.0. The lowest BCUT2D eigenvalue weighted by Crippen LogP contribution is -2.12. The summed E-state index contributed by atoms with van der Waals surface area (Å²) in [7, 11) is 0. The predicted octanol–water partition coefficient (Wildman–Crippen LogP) is 4.36. The molecule has 4 rings (SSSR count). The maximum atomic E-state index is 9.16. The fourth-order valence-corrected chi connectivity index (χ4v) is 3.17. The quantitative estimate of drug-likeness (QED) is 0.548. The molecule has 136 valence electrons. The molecule has 0 spiro atoms. The number of hydrogen-bond acceptors (Lipinski definition) is 6. The maximum Gasteiger partial charge on any atom is 0.261 e. The van der Waals surface area contributed by atoms with Gasteiger partial charge >= 0.3 is 0 Å². The van der Waals surface area contributed by atoms with Crippen LogP contribution in [0.2, 0.25) is 0 Å². The minimum Gasteiger partial charge on any atom is -0.380 e. The van der Waals surface area contributed by atoms with Crippen molar-refractivity contribution < 1.29 is 4.52 Å². The first kappa shape index (κ1) is 17.0. The molecule has 3 heterocycles. The van der Waals surface area contributed by atoms with Gasteiger partial charge < -0.3 is 14.8 Å². The van der Waals surface area contributed by atoms with E-state index in [2.05, 4.69) is 47.3 Å². The highest BCUT2D eigenvalue weighted by Gasteiger charge is 2.23. The van der Waals surface area contributed by atoms with E-state index in [0.717, 1.165) is 46.4 Å². The van der Waals surface area contributed by atoms with Crippen molar-refractivity contribution in [3.8, 4) is 28.9 Å². The lowest BCUT2D eigenvalue weighted by molar-refractivity contribution is 0.422. The first-order valence-corrected chi connectivity index (χ1v) is 9.05. The molecule has 0 bridgehead atoms. The molecule has 1 aromatic heterocycles. The molecule has 0 saturated carbocycles. The molecule has 7 nitrogen and oxygen atoms in total. The van der Waals surface area contributed by atoms with Crippen LogP contribution >= 0.6 is 0 Å². The summed E-state index contributed by atoms with van der Waals surface area (Å²) in [5, 5.41) is 17.7. The monoisotopic (exact) mass is 360 g/mol. The predicted molar refractivity (Wildman–Crippen MR) is 103 cm³/mol. The summed E-state index contributed by atoms with van der Waals surface area (Å²) < 4.78 is 5.49. The summed E-state index contributed by atoms with van der Waals surface area (Å²) in [6, 6.07) is 7.88. The third kappa shape index (κ3) is 2.99. The van der Waals surface area contributed by atoms with E-state index in [1.54, 1.807) is 12.1 Å². The summed E-state index contributed by atoms with van der Waals surface area (Å²) in [6.07, 6.45) is 3.60. The molecule has 0 aliphatic carbocycles. The van der Waals surface area contributed by atoms with Gasteiger partial charge in [-0.15, -0.1) is 0 Å². The van der Waals surface area contributed by atoms with Crippen LogP contribution in [0.1, 0.15) is 38.6 Å². The first-order valence-electron chi connectivity index (χ1n) is 9.05.